The third-order valence-electron chi connectivity index (χ3n) is 3.73. The van der Waals surface area contributed by atoms with Gasteiger partial charge in [0.2, 0.25) is 5.91 Å². The molecule has 0 radical (unpaired) electrons. The van der Waals surface area contributed by atoms with Gasteiger partial charge in [0.1, 0.15) is 6.04 Å². The number of hydrogen-bond acceptors (Lipinski definition) is 6. The summed E-state index contributed by atoms with van der Waals surface area (Å²) in [4.78, 5) is 23.4. The Labute approximate surface area is 155 Å². The van der Waals surface area contributed by atoms with Gasteiger partial charge >= 0.3 is 5.97 Å². The quantitative estimate of drug-likeness (QED) is 0.367. The Morgan fingerprint density at radius 1 is 1.07 bits per heavy atom. The number of benzene rings is 2. The van der Waals surface area contributed by atoms with Gasteiger partial charge in [-0.1, -0.05) is 12.1 Å². The fourth-order valence-corrected chi connectivity index (χ4v) is 2.32. The summed E-state index contributed by atoms with van der Waals surface area (Å²) < 4.78 is 4.97. The zero-order valence-electron chi connectivity index (χ0n) is 14.4. The van der Waals surface area contributed by atoms with E-state index < -0.39 is 17.9 Å². The Bertz CT molecular complexity index is 876. The average Bonchev–Trinajstić information content (AvgIpc) is 2.63. The van der Waals surface area contributed by atoms with E-state index in [2.05, 4.69) is 5.32 Å². The summed E-state index contributed by atoms with van der Waals surface area (Å²) in [6.45, 7) is 0. The summed E-state index contributed by atoms with van der Waals surface area (Å²) in [5.41, 5.74) is 1.01. The van der Waals surface area contributed by atoms with Crippen molar-refractivity contribution < 1.29 is 34.8 Å². The molecule has 2 rings (SSSR count). The second kappa shape index (κ2) is 8.61. The molecule has 8 nitrogen and oxygen atoms in total. The first-order valence-electron chi connectivity index (χ1n) is 7.89. The topological polar surface area (TPSA) is 136 Å². The lowest BCUT2D eigenvalue weighted by Crippen LogP contribution is -2.41. The van der Waals surface area contributed by atoms with Gasteiger partial charge < -0.3 is 30.5 Å². The summed E-state index contributed by atoms with van der Waals surface area (Å²) in [5.74, 6) is -2.35. The minimum atomic E-state index is -1.24. The first-order chi connectivity index (χ1) is 12.8. The number of carbonyl (C=O) groups excluding carboxylic acids is 1. The molecule has 0 heterocycles. The van der Waals surface area contributed by atoms with Crippen molar-refractivity contribution in [2.45, 2.75) is 12.5 Å². The fraction of sp³-hybridized carbons (Fsp3) is 0.158. The first kappa shape index (κ1) is 19.6. The smallest absolute Gasteiger partial charge is 0.326 e. The highest BCUT2D eigenvalue weighted by molar-refractivity contribution is 5.94. The molecule has 0 fully saturated rings. The molecule has 8 heteroatoms. The van der Waals surface area contributed by atoms with Gasteiger partial charge in [-0.3, -0.25) is 4.79 Å². The number of carboxylic acid groups (broad SMARTS) is 1. The number of carbonyl (C=O) groups is 2. The van der Waals surface area contributed by atoms with Gasteiger partial charge in [-0.05, 0) is 41.5 Å². The molecule has 142 valence electrons. The molecule has 0 aromatic heterocycles. The Kier molecular flexibility index (Phi) is 6.27. The lowest BCUT2D eigenvalue weighted by atomic mass is 10.1. The highest BCUT2D eigenvalue weighted by Crippen LogP contribution is 2.27. The number of phenols is 3. The molecule has 0 aliphatic carbocycles. The Morgan fingerprint density at radius 2 is 1.78 bits per heavy atom. The summed E-state index contributed by atoms with van der Waals surface area (Å²) in [6, 6.07) is 7.20. The molecule has 1 atom stereocenters. The van der Waals surface area contributed by atoms with Gasteiger partial charge in [0.15, 0.2) is 23.0 Å². The maximum Gasteiger partial charge on any atom is 0.326 e. The normalized spacial score (nSPS) is 11.9. The molecule has 0 spiro atoms. The number of aromatic hydroxyl groups is 3. The lowest BCUT2D eigenvalue weighted by Gasteiger charge is -2.14. The predicted octanol–water partition coefficient (Wildman–Crippen LogP) is 1.64. The molecule has 0 aliphatic heterocycles. The van der Waals surface area contributed by atoms with Gasteiger partial charge in [0.05, 0.1) is 7.11 Å². The van der Waals surface area contributed by atoms with Gasteiger partial charge in [0.25, 0.3) is 0 Å². The second-order valence-corrected chi connectivity index (χ2v) is 5.69. The zero-order chi connectivity index (χ0) is 20.0. The number of methoxy groups -OCH3 is 1. The number of nitrogens with one attached hydrogen (secondary N) is 1. The molecule has 0 aliphatic rings. The van der Waals surface area contributed by atoms with Crippen LogP contribution in [0.1, 0.15) is 11.1 Å². The van der Waals surface area contributed by atoms with Crippen LogP contribution in [-0.2, 0) is 16.0 Å². The van der Waals surface area contributed by atoms with Gasteiger partial charge in [-0.15, -0.1) is 0 Å². The molecule has 27 heavy (non-hydrogen) atoms. The van der Waals surface area contributed by atoms with Crippen LogP contribution in [-0.4, -0.2) is 45.5 Å². The van der Waals surface area contributed by atoms with Crippen molar-refractivity contribution in [3.63, 3.8) is 0 Å². The number of aliphatic carboxylic acids is 1. The van der Waals surface area contributed by atoms with E-state index in [1.54, 1.807) is 6.07 Å². The van der Waals surface area contributed by atoms with Gasteiger partial charge in [-0.25, -0.2) is 4.79 Å². The molecule has 0 saturated carbocycles. The van der Waals surface area contributed by atoms with E-state index in [1.165, 1.54) is 43.5 Å². The van der Waals surface area contributed by atoms with Crippen LogP contribution in [0.2, 0.25) is 0 Å². The standard InChI is InChI=1S/C19H19NO7/c1-27-17-10-11(2-6-15(17)22)4-7-18(24)20-13(19(25)26)8-12-3-5-14(21)16(23)9-12/h2-7,9-10,13,21-23H,8H2,1H3,(H,20,24)(H,25,26)/t13-/m0/s1. The van der Waals surface area contributed by atoms with E-state index in [4.69, 9.17) is 4.74 Å². The van der Waals surface area contributed by atoms with E-state index in [9.17, 15) is 30.0 Å². The number of rotatable bonds is 7. The van der Waals surface area contributed by atoms with Crippen LogP contribution in [0.15, 0.2) is 42.5 Å². The lowest BCUT2D eigenvalue weighted by molar-refractivity contribution is -0.141. The Balaban J connectivity index is 2.06. The summed E-state index contributed by atoms with van der Waals surface area (Å²) >= 11 is 0. The fourth-order valence-electron chi connectivity index (χ4n) is 2.32. The van der Waals surface area contributed by atoms with Gasteiger partial charge in [0, 0.05) is 12.5 Å². The van der Waals surface area contributed by atoms with E-state index in [0.29, 0.717) is 11.1 Å². The summed E-state index contributed by atoms with van der Waals surface area (Å²) in [6.07, 6.45) is 2.54. The van der Waals surface area contributed by atoms with E-state index in [-0.39, 0.29) is 29.4 Å². The van der Waals surface area contributed by atoms with Crippen LogP contribution < -0.4 is 10.1 Å². The number of carboxylic acids is 1. The van der Waals surface area contributed by atoms with Crippen molar-refractivity contribution in [3.8, 4) is 23.0 Å². The molecule has 2 aromatic carbocycles. The molecular weight excluding hydrogens is 354 g/mol. The molecule has 0 unspecified atom stereocenters. The maximum atomic E-state index is 12.0. The molecular formula is C19H19NO7. The molecule has 0 saturated heterocycles. The minimum Gasteiger partial charge on any atom is -0.504 e. The number of hydrogen-bond donors (Lipinski definition) is 5. The van der Waals surface area contributed by atoms with Crippen molar-refractivity contribution in [1.29, 1.82) is 0 Å². The highest BCUT2D eigenvalue weighted by atomic mass is 16.5. The third kappa shape index (κ3) is 5.40. The van der Waals surface area contributed by atoms with Crippen molar-refractivity contribution in [3.05, 3.63) is 53.6 Å². The van der Waals surface area contributed by atoms with E-state index in [0.717, 1.165) is 6.08 Å². The molecule has 5 N–H and O–H groups in total. The van der Waals surface area contributed by atoms with E-state index in [1.807, 2.05) is 0 Å². The highest BCUT2D eigenvalue weighted by Gasteiger charge is 2.20. The monoisotopic (exact) mass is 373 g/mol. The summed E-state index contributed by atoms with van der Waals surface area (Å²) in [5, 5.41) is 40.0. The average molecular weight is 373 g/mol. The minimum absolute atomic E-state index is 0.0396. The van der Waals surface area contributed by atoms with Crippen LogP contribution in [0.5, 0.6) is 23.0 Å². The van der Waals surface area contributed by atoms with E-state index >= 15 is 0 Å². The maximum absolute atomic E-state index is 12.0. The SMILES string of the molecule is COc1cc(C=CC(=O)N[C@@H](Cc2ccc(O)c(O)c2)C(=O)O)ccc1O. The van der Waals surface area contributed by atoms with Crippen LogP contribution in [0, 0.1) is 0 Å². The number of phenolic OH excluding ortho intramolecular Hbond substituents is 3. The molecule has 2 aromatic rings. The van der Waals surface area contributed by atoms with Crippen LogP contribution in [0.25, 0.3) is 6.08 Å². The third-order valence-corrected chi connectivity index (χ3v) is 3.73. The number of ether oxygens (including phenoxy) is 1. The van der Waals surface area contributed by atoms with Crippen molar-refractivity contribution in [1.82, 2.24) is 5.32 Å². The zero-order valence-corrected chi connectivity index (χ0v) is 14.4. The van der Waals surface area contributed by atoms with Gasteiger partial charge in [-0.2, -0.15) is 0 Å². The summed E-state index contributed by atoms with van der Waals surface area (Å²) in [7, 11) is 1.40. The Morgan fingerprint density at radius 3 is 2.41 bits per heavy atom. The predicted molar refractivity (Wildman–Crippen MR) is 96.7 cm³/mol. The van der Waals surface area contributed by atoms with Crippen LogP contribution in [0.4, 0.5) is 0 Å². The van der Waals surface area contributed by atoms with Crippen LogP contribution >= 0.6 is 0 Å². The van der Waals surface area contributed by atoms with Crippen LogP contribution in [0.3, 0.4) is 0 Å². The van der Waals surface area contributed by atoms with Crippen molar-refractivity contribution >= 4 is 18.0 Å². The molecule has 1 amide bonds. The largest absolute Gasteiger partial charge is 0.504 e. The molecule has 0 bridgehead atoms. The first-order valence-corrected chi connectivity index (χ1v) is 7.89. The number of amides is 1. The van der Waals surface area contributed by atoms with Crippen molar-refractivity contribution in [2.24, 2.45) is 0 Å². The second-order valence-electron chi connectivity index (χ2n) is 5.69. The Hall–Kier alpha value is -3.68. The van der Waals surface area contributed by atoms with Crippen molar-refractivity contribution in [2.75, 3.05) is 7.11 Å².